The summed E-state index contributed by atoms with van der Waals surface area (Å²) in [5, 5.41) is 11.4. The van der Waals surface area contributed by atoms with Gasteiger partial charge in [0.1, 0.15) is 0 Å². The van der Waals surface area contributed by atoms with Gasteiger partial charge in [-0.05, 0) is 68.1 Å². The molecule has 0 unspecified atom stereocenters. The van der Waals surface area contributed by atoms with Gasteiger partial charge < -0.3 is 5.32 Å². The van der Waals surface area contributed by atoms with E-state index in [9.17, 15) is 4.79 Å². The summed E-state index contributed by atoms with van der Waals surface area (Å²) in [5.74, 6) is -0.0766. The van der Waals surface area contributed by atoms with E-state index < -0.39 is 0 Å². The van der Waals surface area contributed by atoms with Crippen molar-refractivity contribution in [3.05, 3.63) is 47.9 Å². The summed E-state index contributed by atoms with van der Waals surface area (Å²) < 4.78 is 0. The van der Waals surface area contributed by atoms with Gasteiger partial charge in [0.2, 0.25) is 0 Å². The van der Waals surface area contributed by atoms with E-state index in [1.54, 1.807) is 0 Å². The lowest BCUT2D eigenvalue weighted by Gasteiger charge is -2.26. The van der Waals surface area contributed by atoms with Crippen LogP contribution in [0.5, 0.6) is 0 Å². The summed E-state index contributed by atoms with van der Waals surface area (Å²) in [6.07, 6.45) is 13.6. The second-order valence-corrected chi connectivity index (χ2v) is 9.06. The standard InChI is InChI=1S/C25H31N5O/c31-25(27-21-7-3-1-4-8-21)24-22-14-19(9-10-23(22)28-29-24)20-13-18(15-26-16-20)17-30-11-5-2-6-12-30/h9-10,13-16,21H,1-8,11-12,17H2,(H,27,31)(H,28,29). The van der Waals surface area contributed by atoms with Crippen LogP contribution in [0.2, 0.25) is 0 Å². The van der Waals surface area contributed by atoms with Crippen molar-refractivity contribution < 1.29 is 4.79 Å². The molecule has 1 saturated carbocycles. The van der Waals surface area contributed by atoms with Gasteiger partial charge in [-0.1, -0.05) is 31.7 Å². The fourth-order valence-corrected chi connectivity index (χ4v) is 4.97. The van der Waals surface area contributed by atoms with Gasteiger partial charge >= 0.3 is 0 Å². The van der Waals surface area contributed by atoms with Crippen LogP contribution in [-0.2, 0) is 6.54 Å². The Labute approximate surface area is 183 Å². The van der Waals surface area contributed by atoms with E-state index in [-0.39, 0.29) is 11.9 Å². The third-order valence-corrected chi connectivity index (χ3v) is 6.70. The van der Waals surface area contributed by atoms with Crippen LogP contribution in [-0.4, -0.2) is 45.1 Å². The maximum Gasteiger partial charge on any atom is 0.272 e. The third kappa shape index (κ3) is 4.64. The van der Waals surface area contributed by atoms with Gasteiger partial charge in [0.15, 0.2) is 5.69 Å². The van der Waals surface area contributed by atoms with E-state index in [4.69, 9.17) is 0 Å². The fourth-order valence-electron chi connectivity index (χ4n) is 4.97. The fraction of sp³-hybridized carbons (Fsp3) is 0.480. The highest BCUT2D eigenvalue weighted by Gasteiger charge is 2.20. The number of rotatable bonds is 5. The molecule has 1 amide bonds. The Morgan fingerprint density at radius 2 is 1.81 bits per heavy atom. The van der Waals surface area contributed by atoms with Crippen molar-refractivity contribution in [3.8, 4) is 11.1 Å². The molecule has 3 heterocycles. The molecule has 2 aromatic heterocycles. The summed E-state index contributed by atoms with van der Waals surface area (Å²) >= 11 is 0. The molecule has 0 bridgehead atoms. The minimum atomic E-state index is -0.0766. The van der Waals surface area contributed by atoms with E-state index in [1.807, 2.05) is 18.5 Å². The average Bonchev–Trinajstić information content (AvgIpc) is 3.24. The minimum absolute atomic E-state index is 0.0766. The number of nitrogens with one attached hydrogen (secondary N) is 2. The van der Waals surface area contributed by atoms with E-state index in [2.05, 4.69) is 43.6 Å². The molecule has 1 aliphatic carbocycles. The summed E-state index contributed by atoms with van der Waals surface area (Å²) in [6, 6.07) is 8.64. The molecule has 5 rings (SSSR count). The van der Waals surface area contributed by atoms with E-state index in [1.165, 1.54) is 57.2 Å². The highest BCUT2D eigenvalue weighted by molar-refractivity contribution is 6.05. The van der Waals surface area contributed by atoms with Crippen LogP contribution >= 0.6 is 0 Å². The molecule has 1 aromatic carbocycles. The monoisotopic (exact) mass is 417 g/mol. The number of amides is 1. The maximum absolute atomic E-state index is 12.9. The number of fused-ring (bicyclic) bond motifs is 1. The second kappa shape index (κ2) is 9.18. The summed E-state index contributed by atoms with van der Waals surface area (Å²) in [4.78, 5) is 19.9. The quantitative estimate of drug-likeness (QED) is 0.632. The van der Waals surface area contributed by atoms with Gasteiger partial charge in [0.25, 0.3) is 5.91 Å². The molecule has 0 radical (unpaired) electrons. The van der Waals surface area contributed by atoms with Crippen LogP contribution < -0.4 is 5.32 Å². The van der Waals surface area contributed by atoms with Crippen molar-refractivity contribution in [1.82, 2.24) is 25.4 Å². The summed E-state index contributed by atoms with van der Waals surface area (Å²) in [7, 11) is 0. The van der Waals surface area contributed by atoms with Crippen LogP contribution in [0.3, 0.4) is 0 Å². The van der Waals surface area contributed by atoms with Crippen molar-refractivity contribution >= 4 is 16.8 Å². The summed E-state index contributed by atoms with van der Waals surface area (Å²) in [6.45, 7) is 3.29. The van der Waals surface area contributed by atoms with Crippen molar-refractivity contribution in [1.29, 1.82) is 0 Å². The number of likely N-dealkylation sites (tertiary alicyclic amines) is 1. The lowest BCUT2D eigenvalue weighted by Crippen LogP contribution is -2.36. The Kier molecular flexibility index (Phi) is 5.98. The topological polar surface area (TPSA) is 73.9 Å². The molecule has 31 heavy (non-hydrogen) atoms. The number of carbonyl (C=O) groups excluding carboxylic acids is 1. The van der Waals surface area contributed by atoms with Gasteiger partial charge in [-0.2, -0.15) is 5.10 Å². The molecule has 3 aromatic rings. The Balaban J connectivity index is 1.37. The molecule has 1 aliphatic heterocycles. The Morgan fingerprint density at radius 3 is 2.65 bits per heavy atom. The van der Waals surface area contributed by atoms with Crippen LogP contribution in [0.4, 0.5) is 0 Å². The number of carbonyl (C=O) groups is 1. The second-order valence-electron chi connectivity index (χ2n) is 9.06. The average molecular weight is 418 g/mol. The van der Waals surface area contributed by atoms with Crippen molar-refractivity contribution in [2.24, 2.45) is 0 Å². The minimum Gasteiger partial charge on any atom is -0.348 e. The number of H-pyrrole nitrogens is 1. The zero-order chi connectivity index (χ0) is 21.0. The third-order valence-electron chi connectivity index (χ3n) is 6.70. The predicted molar refractivity (Wildman–Crippen MR) is 123 cm³/mol. The smallest absolute Gasteiger partial charge is 0.272 e. The molecule has 6 nitrogen and oxygen atoms in total. The van der Waals surface area contributed by atoms with Crippen molar-refractivity contribution in [2.75, 3.05) is 13.1 Å². The normalized spacial score (nSPS) is 18.3. The maximum atomic E-state index is 12.9. The number of pyridine rings is 1. The molecule has 162 valence electrons. The van der Waals surface area contributed by atoms with E-state index in [0.29, 0.717) is 5.69 Å². The zero-order valence-corrected chi connectivity index (χ0v) is 18.1. The Hall–Kier alpha value is -2.73. The predicted octanol–water partition coefficient (Wildman–Crippen LogP) is 4.67. The lowest BCUT2D eigenvalue weighted by atomic mass is 9.95. The van der Waals surface area contributed by atoms with Gasteiger partial charge in [-0.25, -0.2) is 0 Å². The first-order chi connectivity index (χ1) is 15.3. The molecule has 2 aliphatic rings. The number of aromatic nitrogens is 3. The number of benzene rings is 1. The lowest BCUT2D eigenvalue weighted by molar-refractivity contribution is 0.0924. The van der Waals surface area contributed by atoms with Gasteiger partial charge in [0.05, 0.1) is 5.52 Å². The molecule has 0 atom stereocenters. The van der Waals surface area contributed by atoms with Crippen molar-refractivity contribution in [2.45, 2.75) is 64.0 Å². The molecular weight excluding hydrogens is 386 g/mol. The molecule has 2 N–H and O–H groups in total. The molecule has 0 spiro atoms. The largest absolute Gasteiger partial charge is 0.348 e. The van der Waals surface area contributed by atoms with Gasteiger partial charge in [-0.3, -0.25) is 19.8 Å². The van der Waals surface area contributed by atoms with Gasteiger partial charge in [-0.15, -0.1) is 0 Å². The summed E-state index contributed by atoms with van der Waals surface area (Å²) in [5.41, 5.74) is 4.75. The number of piperidine rings is 1. The number of aromatic amines is 1. The number of nitrogens with zero attached hydrogens (tertiary/aromatic N) is 3. The molecule has 2 fully saturated rings. The molecule has 6 heteroatoms. The Bertz CT molecular complexity index is 1050. The zero-order valence-electron chi connectivity index (χ0n) is 18.1. The highest BCUT2D eigenvalue weighted by Crippen LogP contribution is 2.27. The molecular formula is C25H31N5O. The van der Waals surface area contributed by atoms with Gasteiger partial charge in [0, 0.05) is 35.9 Å². The molecule has 1 saturated heterocycles. The van der Waals surface area contributed by atoms with Crippen LogP contribution in [0.25, 0.3) is 22.0 Å². The van der Waals surface area contributed by atoms with Crippen LogP contribution in [0.15, 0.2) is 36.7 Å². The Morgan fingerprint density at radius 1 is 1.00 bits per heavy atom. The number of hydrogen-bond acceptors (Lipinski definition) is 4. The van der Waals surface area contributed by atoms with E-state index >= 15 is 0 Å². The van der Waals surface area contributed by atoms with Crippen LogP contribution in [0.1, 0.15) is 67.4 Å². The first-order valence-electron chi connectivity index (χ1n) is 11.7. The number of hydrogen-bond donors (Lipinski definition) is 2. The van der Waals surface area contributed by atoms with Crippen molar-refractivity contribution in [3.63, 3.8) is 0 Å². The first kappa shape index (κ1) is 20.2. The highest BCUT2D eigenvalue weighted by atomic mass is 16.2. The van der Waals surface area contributed by atoms with E-state index in [0.717, 1.165) is 41.4 Å². The first-order valence-corrected chi connectivity index (χ1v) is 11.7. The SMILES string of the molecule is O=C(NC1CCCCC1)c1n[nH]c2ccc(-c3cncc(CN4CCCCC4)c3)cc12. The van der Waals surface area contributed by atoms with Crippen LogP contribution in [0, 0.1) is 0 Å².